The average molecular weight is 555 g/mol. The monoisotopic (exact) mass is 554 g/mol. The molecule has 1 fully saturated rings. The van der Waals surface area contributed by atoms with Gasteiger partial charge in [-0.2, -0.15) is 13.8 Å². The molecule has 36 heavy (non-hydrogen) atoms. The third-order valence-electron chi connectivity index (χ3n) is 7.30. The van der Waals surface area contributed by atoms with E-state index in [2.05, 4.69) is 62.8 Å². The van der Waals surface area contributed by atoms with Crippen LogP contribution in [0.25, 0.3) is 5.70 Å². The van der Waals surface area contributed by atoms with Gasteiger partial charge in [-0.25, -0.2) is 0 Å². The molecule has 1 spiro atoms. The molecule has 0 saturated carbocycles. The summed E-state index contributed by atoms with van der Waals surface area (Å²) in [6.07, 6.45) is 3.77. The fourth-order valence-corrected chi connectivity index (χ4v) is 5.97. The number of hydrogen-bond donors (Lipinski definition) is 2. The SMILES string of the molecule is FC(F)Oc1ccccc1C1=C[C@@H]2c3cc(Br)ccc3OC3(CC[NH+](Cc4ccccc4)CC3)N2N1. The lowest BCUT2D eigenvalue weighted by molar-refractivity contribution is -0.921. The molecule has 3 heterocycles. The van der Waals surface area contributed by atoms with Crippen LogP contribution in [0.1, 0.15) is 35.6 Å². The number of fused-ring (bicyclic) bond motifs is 4. The van der Waals surface area contributed by atoms with Gasteiger partial charge in [-0.15, -0.1) is 0 Å². The molecular formula is C28H27BrF2N3O2+. The second-order valence-electron chi connectivity index (χ2n) is 9.52. The summed E-state index contributed by atoms with van der Waals surface area (Å²) in [7, 11) is 0. The molecule has 3 aromatic carbocycles. The first-order valence-corrected chi connectivity index (χ1v) is 13.0. The van der Waals surface area contributed by atoms with Gasteiger partial charge in [0.05, 0.1) is 37.7 Å². The molecule has 1 saturated heterocycles. The molecule has 0 aromatic heterocycles. The summed E-state index contributed by atoms with van der Waals surface area (Å²) in [6.45, 7) is 0.0242. The molecule has 0 radical (unpaired) electrons. The molecule has 3 aromatic rings. The van der Waals surface area contributed by atoms with E-state index in [4.69, 9.17) is 9.47 Å². The fourth-order valence-electron chi connectivity index (χ4n) is 5.59. The Morgan fingerprint density at radius 2 is 1.81 bits per heavy atom. The molecule has 3 aliphatic heterocycles. The highest BCUT2D eigenvalue weighted by atomic mass is 79.9. The van der Waals surface area contributed by atoms with E-state index in [9.17, 15) is 8.78 Å². The van der Waals surface area contributed by atoms with Gasteiger partial charge in [-0.3, -0.25) is 0 Å². The number of para-hydroxylation sites is 1. The Morgan fingerprint density at radius 1 is 1.06 bits per heavy atom. The maximum atomic E-state index is 13.1. The molecule has 2 N–H and O–H groups in total. The minimum atomic E-state index is -2.89. The van der Waals surface area contributed by atoms with Crippen LogP contribution in [0.5, 0.6) is 11.5 Å². The third-order valence-corrected chi connectivity index (χ3v) is 7.79. The van der Waals surface area contributed by atoms with E-state index in [1.807, 2.05) is 24.3 Å². The van der Waals surface area contributed by atoms with Crippen LogP contribution in [0.4, 0.5) is 8.78 Å². The molecule has 0 unspecified atom stereocenters. The van der Waals surface area contributed by atoms with Crippen LogP contribution < -0.4 is 19.8 Å². The summed E-state index contributed by atoms with van der Waals surface area (Å²) in [5, 5.41) is 2.18. The highest BCUT2D eigenvalue weighted by molar-refractivity contribution is 9.10. The summed E-state index contributed by atoms with van der Waals surface area (Å²) in [5.74, 6) is 1.01. The first kappa shape index (κ1) is 23.5. The van der Waals surface area contributed by atoms with Crippen molar-refractivity contribution in [3.05, 3.63) is 100 Å². The standard InChI is InChI=1S/C28H26BrF2N3O2/c29-20-10-11-26-22(16-20)24-17-23(21-8-4-5-9-25(21)35-27(30)31)32-34(24)28(36-26)12-14-33(15-13-28)18-19-6-2-1-3-7-19/h1-11,16-17,24,27,32H,12-15,18H2/p+1/t24-/m1/s1. The number of rotatable bonds is 5. The lowest BCUT2D eigenvalue weighted by Crippen LogP contribution is -3.12. The van der Waals surface area contributed by atoms with Gasteiger partial charge in [-0.1, -0.05) is 58.4 Å². The zero-order valence-electron chi connectivity index (χ0n) is 19.6. The number of hydrazine groups is 1. The second kappa shape index (κ2) is 9.50. The first-order chi connectivity index (χ1) is 17.5. The number of ether oxygens (including phenoxy) is 2. The van der Waals surface area contributed by atoms with Crippen molar-refractivity contribution >= 4 is 21.6 Å². The van der Waals surface area contributed by atoms with Crippen molar-refractivity contribution < 1.29 is 23.2 Å². The third kappa shape index (κ3) is 4.38. The van der Waals surface area contributed by atoms with Gasteiger partial charge in [0.1, 0.15) is 18.0 Å². The Kier molecular flexibility index (Phi) is 6.19. The minimum Gasteiger partial charge on any atom is -0.470 e. The predicted molar refractivity (Wildman–Crippen MR) is 136 cm³/mol. The van der Waals surface area contributed by atoms with Crippen molar-refractivity contribution in [1.82, 2.24) is 10.4 Å². The number of likely N-dealkylation sites (tertiary alicyclic amines) is 1. The van der Waals surface area contributed by atoms with Crippen molar-refractivity contribution in [3.8, 4) is 11.5 Å². The summed E-state index contributed by atoms with van der Waals surface area (Å²) >= 11 is 3.59. The number of quaternary nitrogens is 1. The van der Waals surface area contributed by atoms with E-state index in [1.54, 1.807) is 18.2 Å². The van der Waals surface area contributed by atoms with Gasteiger partial charge in [0.15, 0.2) is 5.72 Å². The first-order valence-electron chi connectivity index (χ1n) is 12.2. The summed E-state index contributed by atoms with van der Waals surface area (Å²) in [5.41, 5.74) is 6.70. The molecule has 0 aliphatic carbocycles. The normalized spacial score (nSPS) is 25.1. The Morgan fingerprint density at radius 3 is 2.58 bits per heavy atom. The number of nitrogens with one attached hydrogen (secondary N) is 2. The Hall–Kier alpha value is -2.94. The van der Waals surface area contributed by atoms with Gasteiger partial charge in [0.2, 0.25) is 0 Å². The molecule has 5 nitrogen and oxygen atoms in total. The van der Waals surface area contributed by atoms with Crippen molar-refractivity contribution in [2.45, 2.75) is 37.8 Å². The number of nitrogens with zero attached hydrogens (tertiary/aromatic N) is 1. The smallest absolute Gasteiger partial charge is 0.387 e. The average Bonchev–Trinajstić information content (AvgIpc) is 3.34. The topological polar surface area (TPSA) is 38.2 Å². The van der Waals surface area contributed by atoms with Crippen molar-refractivity contribution in [1.29, 1.82) is 0 Å². The summed E-state index contributed by atoms with van der Waals surface area (Å²) < 4.78 is 38.8. The van der Waals surface area contributed by atoms with E-state index >= 15 is 0 Å². The maximum absolute atomic E-state index is 13.1. The molecule has 0 bridgehead atoms. The highest BCUT2D eigenvalue weighted by Crippen LogP contribution is 2.49. The number of alkyl halides is 2. The molecule has 3 aliphatic rings. The predicted octanol–water partition coefficient (Wildman–Crippen LogP) is 4.92. The summed E-state index contributed by atoms with van der Waals surface area (Å²) in [4.78, 5) is 1.52. The van der Waals surface area contributed by atoms with Crippen LogP contribution in [0.2, 0.25) is 0 Å². The van der Waals surface area contributed by atoms with E-state index in [1.165, 1.54) is 10.5 Å². The van der Waals surface area contributed by atoms with Crippen LogP contribution in [0.15, 0.2) is 83.3 Å². The van der Waals surface area contributed by atoms with Crippen molar-refractivity contribution in [2.24, 2.45) is 0 Å². The number of piperidine rings is 1. The maximum Gasteiger partial charge on any atom is 0.387 e. The molecule has 186 valence electrons. The molecular weight excluding hydrogens is 528 g/mol. The Labute approximate surface area is 217 Å². The zero-order valence-corrected chi connectivity index (χ0v) is 21.2. The Balaban J connectivity index is 1.31. The van der Waals surface area contributed by atoms with E-state index in [0.717, 1.165) is 54.0 Å². The quantitative estimate of drug-likeness (QED) is 0.469. The second-order valence-corrected chi connectivity index (χ2v) is 10.4. The van der Waals surface area contributed by atoms with E-state index < -0.39 is 12.3 Å². The number of benzene rings is 3. The van der Waals surface area contributed by atoms with Gasteiger partial charge in [0, 0.05) is 21.2 Å². The van der Waals surface area contributed by atoms with Crippen LogP contribution in [-0.4, -0.2) is 30.4 Å². The zero-order chi connectivity index (χ0) is 24.7. The molecule has 6 rings (SSSR count). The van der Waals surface area contributed by atoms with E-state index in [0.29, 0.717) is 5.56 Å². The largest absolute Gasteiger partial charge is 0.470 e. The lowest BCUT2D eigenvalue weighted by atomic mass is 9.92. The number of halogens is 3. The lowest BCUT2D eigenvalue weighted by Gasteiger charge is -2.50. The summed E-state index contributed by atoms with van der Waals surface area (Å²) in [6, 6.07) is 23.5. The minimum absolute atomic E-state index is 0.100. The van der Waals surface area contributed by atoms with Crippen molar-refractivity contribution in [3.63, 3.8) is 0 Å². The van der Waals surface area contributed by atoms with Crippen molar-refractivity contribution in [2.75, 3.05) is 13.1 Å². The molecule has 1 atom stereocenters. The van der Waals surface area contributed by atoms with Crippen LogP contribution in [0, 0.1) is 0 Å². The van der Waals surface area contributed by atoms with Crippen LogP contribution in [0.3, 0.4) is 0 Å². The van der Waals surface area contributed by atoms with Gasteiger partial charge >= 0.3 is 6.61 Å². The highest BCUT2D eigenvalue weighted by Gasteiger charge is 2.53. The fraction of sp³-hybridized carbons (Fsp3) is 0.286. The number of hydrogen-bond acceptors (Lipinski definition) is 4. The van der Waals surface area contributed by atoms with E-state index in [-0.39, 0.29) is 11.8 Å². The van der Waals surface area contributed by atoms with Crippen LogP contribution >= 0.6 is 15.9 Å². The van der Waals surface area contributed by atoms with Gasteiger partial charge in [0.25, 0.3) is 0 Å². The molecule has 8 heteroatoms. The van der Waals surface area contributed by atoms with Crippen LogP contribution in [-0.2, 0) is 6.54 Å². The molecule has 0 amide bonds. The van der Waals surface area contributed by atoms with Gasteiger partial charge in [-0.05, 0) is 36.4 Å². The van der Waals surface area contributed by atoms with Gasteiger partial charge < -0.3 is 19.8 Å². The Bertz CT molecular complexity index is 1280.